The summed E-state index contributed by atoms with van der Waals surface area (Å²) < 4.78 is 13.7. The first-order valence-electron chi connectivity index (χ1n) is 10.7. The molecule has 32 heavy (non-hydrogen) atoms. The van der Waals surface area contributed by atoms with Gasteiger partial charge >= 0.3 is 0 Å². The van der Waals surface area contributed by atoms with Crippen molar-refractivity contribution in [2.75, 3.05) is 19.0 Å². The highest BCUT2D eigenvalue weighted by Gasteiger charge is 2.30. The molecule has 0 radical (unpaired) electrons. The zero-order valence-corrected chi connectivity index (χ0v) is 19.0. The van der Waals surface area contributed by atoms with Crippen LogP contribution in [0.25, 0.3) is 11.4 Å². The lowest BCUT2D eigenvalue weighted by Crippen LogP contribution is -2.24. The Hall–Kier alpha value is -2.71. The van der Waals surface area contributed by atoms with Crippen molar-refractivity contribution in [1.82, 2.24) is 20.1 Å². The van der Waals surface area contributed by atoms with Gasteiger partial charge in [0.05, 0.1) is 19.0 Å². The van der Waals surface area contributed by atoms with Crippen LogP contribution in [-0.2, 0) is 11.3 Å². The number of carbonyl (C=O) groups excluding carboxylic acids is 1. The summed E-state index contributed by atoms with van der Waals surface area (Å²) in [5, 5.41) is 13.2. The Kier molecular flexibility index (Phi) is 6.23. The number of fused-ring (bicyclic) bond motifs is 1. The number of nitrogens with one attached hydrogen (secondary N) is 1. The van der Waals surface area contributed by atoms with Crippen LogP contribution in [0.3, 0.4) is 0 Å². The molecule has 0 unspecified atom stereocenters. The van der Waals surface area contributed by atoms with Gasteiger partial charge in [0.1, 0.15) is 0 Å². The monoisotopic (exact) mass is 470 g/mol. The maximum atomic E-state index is 12.4. The summed E-state index contributed by atoms with van der Waals surface area (Å²) in [5.41, 5.74) is 1.94. The molecule has 0 bridgehead atoms. The van der Waals surface area contributed by atoms with Gasteiger partial charge in [-0.15, -0.1) is 10.2 Å². The van der Waals surface area contributed by atoms with E-state index in [1.165, 1.54) is 11.8 Å². The standard InChI is InChI=1S/C23H23ClN4O3S/c24-17-5-2-15(3-6-17)13-25-21(29)14-32-23-27-26-22(28(23)18-7-8-18)16-4-9-19-20(12-16)31-11-1-10-30-19/h2-6,9,12,18H,1,7-8,10-11,13-14H2,(H,25,29). The zero-order valence-electron chi connectivity index (χ0n) is 17.4. The molecule has 1 saturated carbocycles. The molecule has 1 aromatic heterocycles. The van der Waals surface area contributed by atoms with E-state index in [0.29, 0.717) is 30.8 Å². The Labute approximate surface area is 195 Å². The van der Waals surface area contributed by atoms with Gasteiger partial charge in [0.2, 0.25) is 5.91 Å². The molecule has 2 aliphatic rings. The van der Waals surface area contributed by atoms with Crippen LogP contribution in [0.1, 0.15) is 30.9 Å². The number of amides is 1. The number of hydrogen-bond acceptors (Lipinski definition) is 6. The molecule has 9 heteroatoms. The average Bonchev–Trinajstić information content (AvgIpc) is 3.60. The van der Waals surface area contributed by atoms with Gasteiger partial charge in [0, 0.05) is 29.6 Å². The smallest absolute Gasteiger partial charge is 0.230 e. The minimum absolute atomic E-state index is 0.0487. The molecule has 166 valence electrons. The molecule has 1 aliphatic carbocycles. The van der Waals surface area contributed by atoms with Gasteiger partial charge < -0.3 is 14.8 Å². The van der Waals surface area contributed by atoms with Gasteiger partial charge in [0.25, 0.3) is 0 Å². The van der Waals surface area contributed by atoms with Crippen molar-refractivity contribution in [3.63, 3.8) is 0 Å². The molecule has 0 atom stereocenters. The summed E-state index contributed by atoms with van der Waals surface area (Å²) in [4.78, 5) is 12.4. The van der Waals surface area contributed by atoms with E-state index in [0.717, 1.165) is 52.9 Å². The zero-order chi connectivity index (χ0) is 21.9. The topological polar surface area (TPSA) is 78.3 Å². The first-order chi connectivity index (χ1) is 15.7. The quantitative estimate of drug-likeness (QED) is 0.512. The van der Waals surface area contributed by atoms with Gasteiger partial charge in [-0.25, -0.2) is 0 Å². The van der Waals surface area contributed by atoms with Crippen LogP contribution < -0.4 is 14.8 Å². The third kappa shape index (κ3) is 4.86. The summed E-state index contributed by atoms with van der Waals surface area (Å²) in [6, 6.07) is 13.7. The second-order valence-corrected chi connectivity index (χ2v) is 9.19. The minimum atomic E-state index is -0.0487. The number of rotatable bonds is 7. The normalized spacial score (nSPS) is 15.3. The summed E-state index contributed by atoms with van der Waals surface area (Å²) in [7, 11) is 0. The molecule has 1 fully saturated rings. The van der Waals surface area contributed by atoms with Crippen LogP contribution in [0.4, 0.5) is 0 Å². The average molecular weight is 471 g/mol. The van der Waals surface area contributed by atoms with Gasteiger partial charge in [-0.2, -0.15) is 0 Å². The van der Waals surface area contributed by atoms with Crippen LogP contribution >= 0.6 is 23.4 Å². The number of benzene rings is 2. The van der Waals surface area contributed by atoms with Crippen LogP contribution in [0, 0.1) is 0 Å². The molecule has 1 aliphatic heterocycles. The Morgan fingerprint density at radius 2 is 1.88 bits per heavy atom. The van der Waals surface area contributed by atoms with E-state index in [1.807, 2.05) is 42.5 Å². The number of hydrogen-bond donors (Lipinski definition) is 1. The second kappa shape index (κ2) is 9.42. The number of ether oxygens (including phenoxy) is 2. The maximum absolute atomic E-state index is 12.4. The summed E-state index contributed by atoms with van der Waals surface area (Å²) in [6.07, 6.45) is 3.04. The van der Waals surface area contributed by atoms with E-state index in [4.69, 9.17) is 21.1 Å². The van der Waals surface area contributed by atoms with E-state index in [1.54, 1.807) is 0 Å². The predicted octanol–water partition coefficient (Wildman–Crippen LogP) is 4.50. The van der Waals surface area contributed by atoms with E-state index in [-0.39, 0.29) is 11.7 Å². The van der Waals surface area contributed by atoms with Crippen molar-refractivity contribution < 1.29 is 14.3 Å². The lowest BCUT2D eigenvalue weighted by Gasteiger charge is -2.11. The number of nitrogens with zero attached hydrogens (tertiary/aromatic N) is 3. The van der Waals surface area contributed by atoms with E-state index in [9.17, 15) is 4.79 Å². The fourth-order valence-corrected chi connectivity index (χ4v) is 4.48. The Morgan fingerprint density at radius 3 is 2.66 bits per heavy atom. The van der Waals surface area contributed by atoms with Crippen LogP contribution in [0.5, 0.6) is 11.5 Å². The number of carbonyl (C=O) groups is 1. The number of aromatic nitrogens is 3. The Balaban J connectivity index is 1.27. The predicted molar refractivity (Wildman–Crippen MR) is 123 cm³/mol. The second-order valence-electron chi connectivity index (χ2n) is 7.81. The Bertz CT molecular complexity index is 1110. The first-order valence-corrected chi connectivity index (χ1v) is 12.0. The molecule has 1 amide bonds. The highest BCUT2D eigenvalue weighted by molar-refractivity contribution is 7.99. The molecule has 1 N–H and O–H groups in total. The molecule has 2 heterocycles. The van der Waals surface area contributed by atoms with E-state index < -0.39 is 0 Å². The molecule has 3 aromatic rings. The van der Waals surface area contributed by atoms with Gasteiger partial charge in [-0.1, -0.05) is 35.5 Å². The van der Waals surface area contributed by atoms with E-state index >= 15 is 0 Å². The van der Waals surface area contributed by atoms with Crippen molar-refractivity contribution in [2.24, 2.45) is 0 Å². The van der Waals surface area contributed by atoms with Crippen LogP contribution in [0.2, 0.25) is 5.02 Å². The maximum Gasteiger partial charge on any atom is 0.230 e. The fourth-order valence-electron chi connectivity index (χ4n) is 3.52. The van der Waals surface area contributed by atoms with Crippen molar-refractivity contribution in [1.29, 1.82) is 0 Å². The highest BCUT2D eigenvalue weighted by Crippen LogP contribution is 2.42. The van der Waals surface area contributed by atoms with E-state index in [2.05, 4.69) is 20.1 Å². The minimum Gasteiger partial charge on any atom is -0.490 e. The van der Waals surface area contributed by atoms with Gasteiger partial charge in [0.15, 0.2) is 22.5 Å². The molecule has 2 aromatic carbocycles. The molecule has 0 spiro atoms. The van der Waals surface area contributed by atoms with Gasteiger partial charge in [-0.05, 0) is 48.7 Å². The molecular weight excluding hydrogens is 448 g/mol. The SMILES string of the molecule is O=C(CSc1nnc(-c2ccc3c(c2)OCCCO3)n1C1CC1)NCc1ccc(Cl)cc1. The highest BCUT2D eigenvalue weighted by atomic mass is 35.5. The van der Waals surface area contributed by atoms with Crippen LogP contribution in [0.15, 0.2) is 47.6 Å². The summed E-state index contributed by atoms with van der Waals surface area (Å²) in [5.74, 6) is 2.52. The molecule has 7 nitrogen and oxygen atoms in total. The third-order valence-electron chi connectivity index (χ3n) is 5.32. The molecular formula is C23H23ClN4O3S. The van der Waals surface area contributed by atoms with Crippen LogP contribution in [-0.4, -0.2) is 39.6 Å². The number of thioether (sulfide) groups is 1. The fraction of sp³-hybridized carbons (Fsp3) is 0.348. The molecule has 0 saturated heterocycles. The van der Waals surface area contributed by atoms with Crippen molar-refractivity contribution >= 4 is 29.3 Å². The molecule has 5 rings (SSSR count). The van der Waals surface area contributed by atoms with Crippen molar-refractivity contribution in [3.05, 3.63) is 53.1 Å². The first kappa shape index (κ1) is 21.2. The summed E-state index contributed by atoms with van der Waals surface area (Å²) >= 11 is 7.32. The van der Waals surface area contributed by atoms with Gasteiger partial charge in [-0.3, -0.25) is 9.36 Å². The lowest BCUT2D eigenvalue weighted by molar-refractivity contribution is -0.118. The largest absolute Gasteiger partial charge is 0.490 e. The third-order valence-corrected chi connectivity index (χ3v) is 6.51. The number of halogens is 1. The Morgan fingerprint density at radius 1 is 1.09 bits per heavy atom. The van der Waals surface area contributed by atoms with Crippen molar-refractivity contribution in [2.45, 2.75) is 37.0 Å². The summed E-state index contributed by atoms with van der Waals surface area (Å²) in [6.45, 7) is 1.76. The van der Waals surface area contributed by atoms with Crippen molar-refractivity contribution in [3.8, 4) is 22.9 Å². The lowest BCUT2D eigenvalue weighted by atomic mass is 10.2.